The summed E-state index contributed by atoms with van der Waals surface area (Å²) >= 11 is 3.08. The molecule has 3 aromatic heterocycles. The summed E-state index contributed by atoms with van der Waals surface area (Å²) in [5.74, 6) is 1.30. The summed E-state index contributed by atoms with van der Waals surface area (Å²) in [6.45, 7) is 6.57. The first-order valence-corrected chi connectivity index (χ1v) is 11.6. The number of nitrogens with one attached hydrogen (secondary N) is 1. The van der Waals surface area contributed by atoms with Crippen molar-refractivity contribution in [1.29, 1.82) is 0 Å². The Balaban J connectivity index is 1.52. The fraction of sp³-hybridized carbons (Fsp3) is 0.400. The molecule has 1 atom stereocenters. The second-order valence-corrected chi connectivity index (χ2v) is 9.14. The van der Waals surface area contributed by atoms with Crippen molar-refractivity contribution in [1.82, 2.24) is 30.0 Å². The largest absolute Gasteiger partial charge is 0.331 e. The second kappa shape index (κ2) is 8.97. The molecule has 4 heterocycles. The minimum atomic E-state index is -0.0674. The molecular formula is C20H23N7OS2. The minimum absolute atomic E-state index is 0.0226. The first kappa shape index (κ1) is 20.5. The predicted molar refractivity (Wildman–Crippen MR) is 119 cm³/mol. The summed E-state index contributed by atoms with van der Waals surface area (Å²) < 4.78 is 0. The zero-order valence-electron chi connectivity index (χ0n) is 17.1. The highest BCUT2D eigenvalue weighted by Gasteiger charge is 2.30. The summed E-state index contributed by atoms with van der Waals surface area (Å²) in [5, 5.41) is 16.1. The van der Waals surface area contributed by atoms with Gasteiger partial charge in [0.25, 0.3) is 0 Å². The highest BCUT2D eigenvalue weighted by Crippen LogP contribution is 2.32. The topological polar surface area (TPSA) is 96.8 Å². The van der Waals surface area contributed by atoms with Crippen molar-refractivity contribution in [3.8, 4) is 0 Å². The van der Waals surface area contributed by atoms with E-state index in [9.17, 15) is 4.79 Å². The Kier molecular flexibility index (Phi) is 6.14. The molecule has 1 fully saturated rings. The number of nitrogens with zero attached hydrogens (tertiary/aromatic N) is 6. The van der Waals surface area contributed by atoms with E-state index in [-0.39, 0.29) is 11.9 Å². The van der Waals surface area contributed by atoms with Gasteiger partial charge in [-0.3, -0.25) is 4.79 Å². The molecule has 0 spiro atoms. The monoisotopic (exact) mass is 441 g/mol. The highest BCUT2D eigenvalue weighted by atomic mass is 32.1. The normalized spacial score (nSPS) is 16.5. The van der Waals surface area contributed by atoms with Crippen LogP contribution in [0.1, 0.15) is 53.0 Å². The second-order valence-electron chi connectivity index (χ2n) is 7.02. The molecule has 4 rings (SSSR count). The van der Waals surface area contributed by atoms with Crippen molar-refractivity contribution in [2.24, 2.45) is 0 Å². The van der Waals surface area contributed by atoms with E-state index in [1.807, 2.05) is 37.1 Å². The lowest BCUT2D eigenvalue weighted by molar-refractivity contribution is -0.126. The molecule has 0 unspecified atom stereocenters. The number of anilines is 2. The average Bonchev–Trinajstić information content (AvgIpc) is 3.46. The quantitative estimate of drug-likeness (QED) is 0.576. The summed E-state index contributed by atoms with van der Waals surface area (Å²) in [5.41, 5.74) is 1.66. The van der Waals surface area contributed by atoms with Crippen LogP contribution < -0.4 is 5.32 Å². The van der Waals surface area contributed by atoms with Gasteiger partial charge in [0.1, 0.15) is 16.6 Å². The number of rotatable bonds is 6. The number of aryl methyl sites for hydroxylation is 3. The van der Waals surface area contributed by atoms with E-state index >= 15 is 0 Å². The number of hydrogen-bond acceptors (Lipinski definition) is 9. The van der Waals surface area contributed by atoms with Crippen LogP contribution in [-0.2, 0) is 11.2 Å². The number of thiazole rings is 1. The third-order valence-electron chi connectivity index (χ3n) is 4.77. The van der Waals surface area contributed by atoms with Gasteiger partial charge >= 0.3 is 0 Å². The number of carbonyl (C=O) groups excluding carboxylic acids is 1. The standard InChI is InChI=1S/C20H23N7OS2/c1-4-18-25-26-20(30-18)24-17-10-15(21-12(2)22-17)16-6-5-9-27(16)19(28)8-7-14-11-29-13(3)23-14/h7-8,10-11,16H,4-6,9H2,1-3H3,(H,21,22,24,26)/b8-7+/t16-/m1/s1. The molecule has 1 aliphatic rings. The lowest BCUT2D eigenvalue weighted by atomic mass is 10.1. The first-order valence-electron chi connectivity index (χ1n) is 9.87. The zero-order valence-corrected chi connectivity index (χ0v) is 18.8. The van der Waals surface area contributed by atoms with Crippen molar-refractivity contribution >= 4 is 45.6 Å². The molecule has 1 N–H and O–H groups in total. The van der Waals surface area contributed by atoms with E-state index in [4.69, 9.17) is 0 Å². The summed E-state index contributed by atoms with van der Waals surface area (Å²) in [6.07, 6.45) is 6.06. The van der Waals surface area contributed by atoms with Gasteiger partial charge in [-0.05, 0) is 39.2 Å². The molecule has 0 aromatic carbocycles. The van der Waals surface area contributed by atoms with Crippen LogP contribution in [0.3, 0.4) is 0 Å². The van der Waals surface area contributed by atoms with Gasteiger partial charge in [-0.1, -0.05) is 18.3 Å². The molecule has 156 valence electrons. The van der Waals surface area contributed by atoms with Crippen LogP contribution in [0.4, 0.5) is 10.9 Å². The number of likely N-dealkylation sites (tertiary alicyclic amines) is 1. The SMILES string of the molecule is CCc1nnc(Nc2cc([C@H]3CCCN3C(=O)/C=C/c3csc(C)n3)nc(C)n2)s1. The fourth-order valence-corrected chi connectivity index (χ4v) is 4.70. The molecular weight excluding hydrogens is 418 g/mol. The van der Waals surface area contributed by atoms with Gasteiger partial charge in [0, 0.05) is 24.1 Å². The molecule has 0 aliphatic carbocycles. The number of aromatic nitrogens is 5. The minimum Gasteiger partial charge on any atom is -0.331 e. The van der Waals surface area contributed by atoms with Gasteiger partial charge in [-0.25, -0.2) is 15.0 Å². The van der Waals surface area contributed by atoms with Gasteiger partial charge < -0.3 is 10.2 Å². The van der Waals surface area contributed by atoms with Gasteiger partial charge in [-0.15, -0.1) is 21.5 Å². The molecule has 10 heteroatoms. The van der Waals surface area contributed by atoms with Crippen molar-refractivity contribution < 1.29 is 4.79 Å². The maximum atomic E-state index is 12.8. The average molecular weight is 442 g/mol. The molecule has 3 aromatic rings. The Labute approximate surface area is 183 Å². The smallest absolute Gasteiger partial charge is 0.247 e. The van der Waals surface area contributed by atoms with Gasteiger partial charge in [0.05, 0.1) is 22.4 Å². The van der Waals surface area contributed by atoms with Crippen LogP contribution in [-0.4, -0.2) is 42.5 Å². The lowest BCUT2D eigenvalue weighted by Crippen LogP contribution is -2.29. The maximum absolute atomic E-state index is 12.8. The molecule has 1 aliphatic heterocycles. The van der Waals surface area contributed by atoms with E-state index < -0.39 is 0 Å². The Morgan fingerprint density at radius 3 is 2.90 bits per heavy atom. The molecule has 0 radical (unpaired) electrons. The third kappa shape index (κ3) is 4.71. The van der Waals surface area contributed by atoms with E-state index in [1.54, 1.807) is 23.5 Å². The Bertz CT molecular complexity index is 1070. The van der Waals surface area contributed by atoms with Crippen LogP contribution in [0.25, 0.3) is 6.08 Å². The van der Waals surface area contributed by atoms with Crippen molar-refractivity contribution in [3.05, 3.63) is 44.7 Å². The maximum Gasteiger partial charge on any atom is 0.247 e. The zero-order chi connectivity index (χ0) is 21.1. The highest BCUT2D eigenvalue weighted by molar-refractivity contribution is 7.15. The number of amides is 1. The van der Waals surface area contributed by atoms with Gasteiger partial charge in [0.15, 0.2) is 0 Å². The Morgan fingerprint density at radius 2 is 2.17 bits per heavy atom. The lowest BCUT2D eigenvalue weighted by Gasteiger charge is -2.23. The van der Waals surface area contributed by atoms with Crippen molar-refractivity contribution in [3.63, 3.8) is 0 Å². The van der Waals surface area contributed by atoms with Crippen LogP contribution in [0.2, 0.25) is 0 Å². The predicted octanol–water partition coefficient (Wildman–Crippen LogP) is 4.08. The summed E-state index contributed by atoms with van der Waals surface area (Å²) in [6, 6.07) is 1.84. The van der Waals surface area contributed by atoms with Crippen LogP contribution in [0.5, 0.6) is 0 Å². The molecule has 8 nitrogen and oxygen atoms in total. The van der Waals surface area contributed by atoms with E-state index in [2.05, 4.69) is 30.5 Å². The van der Waals surface area contributed by atoms with Gasteiger partial charge in [0.2, 0.25) is 11.0 Å². The molecule has 1 amide bonds. The van der Waals surface area contributed by atoms with Crippen LogP contribution in [0, 0.1) is 13.8 Å². The molecule has 0 saturated carbocycles. The molecule has 1 saturated heterocycles. The summed E-state index contributed by atoms with van der Waals surface area (Å²) in [7, 11) is 0. The van der Waals surface area contributed by atoms with Crippen molar-refractivity contribution in [2.45, 2.75) is 46.1 Å². The van der Waals surface area contributed by atoms with E-state index in [1.165, 1.54) is 11.3 Å². The van der Waals surface area contributed by atoms with Gasteiger partial charge in [-0.2, -0.15) is 0 Å². The van der Waals surface area contributed by atoms with E-state index in [0.29, 0.717) is 23.3 Å². The fourth-order valence-electron chi connectivity index (χ4n) is 3.43. The third-order valence-corrected chi connectivity index (χ3v) is 6.55. The number of carbonyl (C=O) groups is 1. The number of hydrogen-bond donors (Lipinski definition) is 1. The first-order chi connectivity index (χ1) is 14.5. The summed E-state index contributed by atoms with van der Waals surface area (Å²) in [4.78, 5) is 28.2. The Hall–Kier alpha value is -2.72. The van der Waals surface area contributed by atoms with Crippen LogP contribution in [0.15, 0.2) is 17.5 Å². The van der Waals surface area contributed by atoms with Crippen molar-refractivity contribution in [2.75, 3.05) is 11.9 Å². The molecule has 0 bridgehead atoms. The van der Waals surface area contributed by atoms with Crippen LogP contribution >= 0.6 is 22.7 Å². The Morgan fingerprint density at radius 1 is 1.30 bits per heavy atom. The molecule has 30 heavy (non-hydrogen) atoms. The van der Waals surface area contributed by atoms with E-state index in [0.717, 1.165) is 40.7 Å².